The topological polar surface area (TPSA) is 178 Å². The van der Waals surface area contributed by atoms with Crippen molar-refractivity contribution in [1.82, 2.24) is 0 Å². The minimum atomic E-state index is -0.817. The number of allylic oxidation sites excluding steroid dienone is 1. The summed E-state index contributed by atoms with van der Waals surface area (Å²) in [6.07, 6.45) is 19.1. The third-order valence-electron chi connectivity index (χ3n) is 13.7. The summed E-state index contributed by atoms with van der Waals surface area (Å²) in [6.45, 7) is 2.68. The van der Waals surface area contributed by atoms with Crippen molar-refractivity contribution in [3.05, 3.63) is 111 Å². The molecule has 1 aromatic heterocycles. The molecule has 0 spiro atoms. The van der Waals surface area contributed by atoms with Gasteiger partial charge < -0.3 is 28.4 Å². The second-order valence-electron chi connectivity index (χ2n) is 19.1. The van der Waals surface area contributed by atoms with Crippen LogP contribution in [0.5, 0.6) is 17.2 Å². The lowest BCUT2D eigenvalue weighted by Gasteiger charge is -2.26. The van der Waals surface area contributed by atoms with Crippen LogP contribution in [-0.2, 0) is 33.4 Å². The molecule has 0 unspecified atom stereocenters. The van der Waals surface area contributed by atoms with Gasteiger partial charge in [0, 0.05) is 31.2 Å². The average molecular weight is 1070 g/mol. The molecule has 400 valence electrons. The maximum absolute atomic E-state index is 13.8. The summed E-state index contributed by atoms with van der Waals surface area (Å²) in [7, 11) is 3.09. The van der Waals surface area contributed by atoms with Gasteiger partial charge in [0.05, 0.1) is 57.7 Å². The highest BCUT2D eigenvalue weighted by Crippen LogP contribution is 2.35. The number of halogens is 1. The summed E-state index contributed by atoms with van der Waals surface area (Å²) in [5.74, 6) is -4.37. The number of esters is 5. The number of benzene rings is 3. The number of ether oxygens (including phenoxy) is 6. The molecule has 2 aliphatic rings. The first-order valence-corrected chi connectivity index (χ1v) is 27.4. The Morgan fingerprint density at radius 1 is 0.613 bits per heavy atom. The molecular formula is C59H69ClNO13S+. The van der Waals surface area contributed by atoms with Crippen LogP contribution in [0, 0.1) is 23.7 Å². The second kappa shape index (κ2) is 30.3. The third kappa shape index (κ3) is 17.9. The van der Waals surface area contributed by atoms with Gasteiger partial charge in [-0.25, -0.2) is 9.59 Å². The summed E-state index contributed by atoms with van der Waals surface area (Å²) in [6, 6.07) is 21.0. The highest BCUT2D eigenvalue weighted by atomic mass is 35.5. The first-order chi connectivity index (χ1) is 36.4. The van der Waals surface area contributed by atoms with Gasteiger partial charge in [0.25, 0.3) is 0 Å². The van der Waals surface area contributed by atoms with Crippen LogP contribution in [0.3, 0.4) is 0 Å². The SMILES string of the molecule is CCCCCCCCCCCC=[N+](C(=O)c1ccc(OC)cc1)c1ccc(C(=O)OC(=O)C2CCC(C(=O)Oc3ccc(OC(=O)C4CCC(C(=O)OCCOC)CC4)c(/C=C/C(=O)c4ccc(Cl)s4)c3)CC2)cc1. The van der Waals surface area contributed by atoms with E-state index >= 15 is 0 Å². The first-order valence-electron chi connectivity index (χ1n) is 26.2. The van der Waals surface area contributed by atoms with E-state index in [9.17, 15) is 33.6 Å². The van der Waals surface area contributed by atoms with Crippen LogP contribution >= 0.6 is 22.9 Å². The van der Waals surface area contributed by atoms with Crippen LogP contribution in [0.4, 0.5) is 5.69 Å². The van der Waals surface area contributed by atoms with E-state index < -0.39 is 41.6 Å². The van der Waals surface area contributed by atoms with Gasteiger partial charge >= 0.3 is 35.8 Å². The molecule has 0 N–H and O–H groups in total. The lowest BCUT2D eigenvalue weighted by molar-refractivity contribution is -0.331. The van der Waals surface area contributed by atoms with Crippen molar-refractivity contribution >= 4 is 82.5 Å². The molecule has 16 heteroatoms. The standard InChI is InChI=1S/C59H69ClNO13S/c1-4-5-6-7-8-9-10-11-12-13-36-61(54(63)40-24-29-48(70-3)30-25-40)47-27-22-45(23-28-47)59(68)74-58(67)44-20-18-42(19-21-44)56(65)72-49-31-33-51(46(39-49)26-32-50(62)52-34-35-53(60)75-52)73-57(66)43-16-14-41(15-17-43)55(64)71-38-37-69-2/h22-36,39,41-44H,4-21,37-38H2,1-3H3/q+1/b32-26+,61-36?. The quantitative estimate of drug-likeness (QED) is 0.00849. The van der Waals surface area contributed by atoms with E-state index in [1.807, 2.05) is 6.21 Å². The lowest BCUT2D eigenvalue weighted by atomic mass is 9.82. The van der Waals surface area contributed by atoms with Crippen LogP contribution in [0.1, 0.15) is 158 Å². The van der Waals surface area contributed by atoms with Crippen LogP contribution in [0.2, 0.25) is 4.34 Å². The molecule has 1 amide bonds. The minimum Gasteiger partial charge on any atom is -0.497 e. The Hall–Kier alpha value is -6.29. The number of amides is 1. The van der Waals surface area contributed by atoms with E-state index in [0.29, 0.717) is 83.3 Å². The van der Waals surface area contributed by atoms with Crippen molar-refractivity contribution in [2.75, 3.05) is 27.4 Å². The fraction of sp³-hybridized carbons (Fsp3) is 0.458. The Morgan fingerprint density at radius 2 is 1.17 bits per heavy atom. The first kappa shape index (κ1) is 58.0. The molecule has 4 aromatic rings. The van der Waals surface area contributed by atoms with Crippen molar-refractivity contribution in [2.24, 2.45) is 23.7 Å². The van der Waals surface area contributed by atoms with Crippen molar-refractivity contribution < 1.29 is 66.6 Å². The van der Waals surface area contributed by atoms with Gasteiger partial charge in [-0.15, -0.1) is 15.9 Å². The Bertz CT molecular complexity index is 2620. The van der Waals surface area contributed by atoms with Crippen LogP contribution in [-0.4, -0.2) is 79.8 Å². The van der Waals surface area contributed by atoms with Crippen molar-refractivity contribution in [3.63, 3.8) is 0 Å². The summed E-state index contributed by atoms with van der Waals surface area (Å²) >= 11 is 7.18. The predicted octanol–water partition coefficient (Wildman–Crippen LogP) is 12.8. The minimum absolute atomic E-state index is 0.149. The molecule has 0 radical (unpaired) electrons. The molecule has 2 saturated carbocycles. The smallest absolute Gasteiger partial charge is 0.424 e. The van der Waals surface area contributed by atoms with E-state index in [4.69, 9.17) is 40.0 Å². The number of carbonyl (C=O) groups is 7. The zero-order chi connectivity index (χ0) is 53.5. The Balaban J connectivity index is 1.02. The largest absolute Gasteiger partial charge is 0.497 e. The molecule has 0 aliphatic heterocycles. The molecule has 6 rings (SSSR count). The normalized spacial score (nSPS) is 17.7. The van der Waals surface area contributed by atoms with Crippen LogP contribution in [0.15, 0.2) is 84.9 Å². The Labute approximate surface area is 448 Å². The van der Waals surface area contributed by atoms with E-state index in [0.717, 1.165) is 30.6 Å². The molecule has 2 fully saturated rings. The second-order valence-corrected chi connectivity index (χ2v) is 20.8. The third-order valence-corrected chi connectivity index (χ3v) is 15.0. The molecule has 0 saturated heterocycles. The van der Waals surface area contributed by atoms with Gasteiger partial charge in [-0.3, -0.25) is 24.0 Å². The number of nitrogens with zero attached hydrogens (tertiary/aromatic N) is 1. The van der Waals surface area contributed by atoms with Gasteiger partial charge in [-0.05, 0) is 137 Å². The number of hydrogen-bond acceptors (Lipinski definition) is 14. The number of ketones is 1. The molecule has 75 heavy (non-hydrogen) atoms. The zero-order valence-corrected chi connectivity index (χ0v) is 44.8. The lowest BCUT2D eigenvalue weighted by Crippen LogP contribution is -2.30. The summed E-state index contributed by atoms with van der Waals surface area (Å²) in [4.78, 5) is 93.2. The number of hydrogen-bond donors (Lipinski definition) is 0. The average Bonchev–Trinajstić information content (AvgIpc) is 3.88. The van der Waals surface area contributed by atoms with E-state index in [2.05, 4.69) is 6.92 Å². The zero-order valence-electron chi connectivity index (χ0n) is 43.2. The maximum atomic E-state index is 13.8. The molecular weight excluding hydrogens is 998 g/mol. The maximum Gasteiger partial charge on any atom is 0.424 e. The van der Waals surface area contributed by atoms with Gasteiger partial charge in [-0.1, -0.05) is 69.9 Å². The summed E-state index contributed by atoms with van der Waals surface area (Å²) in [5, 5.41) is 0. The van der Waals surface area contributed by atoms with Gasteiger partial charge in [0.1, 0.15) is 23.9 Å². The monoisotopic (exact) mass is 1070 g/mol. The van der Waals surface area contributed by atoms with Crippen molar-refractivity contribution in [3.8, 4) is 17.2 Å². The molecule has 3 aromatic carbocycles. The highest BCUT2D eigenvalue weighted by molar-refractivity contribution is 7.18. The fourth-order valence-electron chi connectivity index (χ4n) is 9.22. The number of unbranched alkanes of at least 4 members (excludes halogenated alkanes) is 9. The van der Waals surface area contributed by atoms with E-state index in [1.54, 1.807) is 60.2 Å². The van der Waals surface area contributed by atoms with E-state index in [1.165, 1.54) is 88.1 Å². The molecule has 0 bridgehead atoms. The van der Waals surface area contributed by atoms with Gasteiger partial charge in [-0.2, -0.15) is 0 Å². The number of rotatable bonds is 26. The fourth-order valence-corrected chi connectivity index (χ4v) is 10.2. The number of thiophene rings is 1. The van der Waals surface area contributed by atoms with Crippen LogP contribution < -0.4 is 14.2 Å². The highest BCUT2D eigenvalue weighted by Gasteiger charge is 2.35. The number of carbonyl (C=O) groups excluding carboxylic acids is 7. The summed E-state index contributed by atoms with van der Waals surface area (Å²) in [5.41, 5.74) is 1.50. The van der Waals surface area contributed by atoms with Crippen molar-refractivity contribution in [2.45, 2.75) is 122 Å². The molecule has 0 atom stereocenters. The predicted molar refractivity (Wildman–Crippen MR) is 286 cm³/mol. The summed E-state index contributed by atoms with van der Waals surface area (Å²) < 4.78 is 34.6. The van der Waals surface area contributed by atoms with Gasteiger partial charge in [0.15, 0.2) is 12.0 Å². The number of methoxy groups -OCH3 is 2. The van der Waals surface area contributed by atoms with E-state index in [-0.39, 0.29) is 60.1 Å². The Morgan fingerprint density at radius 3 is 1.76 bits per heavy atom. The van der Waals surface area contributed by atoms with Crippen molar-refractivity contribution in [1.29, 1.82) is 0 Å². The van der Waals surface area contributed by atoms with Crippen LogP contribution in [0.25, 0.3) is 6.08 Å². The molecule has 14 nitrogen and oxygen atoms in total. The Kier molecular flexibility index (Phi) is 23.4. The molecule has 1 heterocycles. The molecule has 2 aliphatic carbocycles. The van der Waals surface area contributed by atoms with Gasteiger partial charge in [0.2, 0.25) is 5.69 Å².